The first-order valence-electron chi connectivity index (χ1n) is 4.09. The Morgan fingerprint density at radius 2 is 2.00 bits per heavy atom. The van der Waals surface area contributed by atoms with Gasteiger partial charge in [-0.3, -0.25) is 0 Å². The molecule has 0 aromatic carbocycles. The molecule has 0 amide bonds. The van der Waals surface area contributed by atoms with Gasteiger partial charge in [0.1, 0.15) is 0 Å². The highest BCUT2D eigenvalue weighted by atomic mass is 35.5. The molecule has 2 rings (SSSR count). The van der Waals surface area contributed by atoms with Gasteiger partial charge in [0.15, 0.2) is 0 Å². The lowest BCUT2D eigenvalue weighted by molar-refractivity contribution is 0.402. The normalized spacial score (nSPS) is 51.7. The van der Waals surface area contributed by atoms with E-state index in [4.69, 9.17) is 11.6 Å². The number of allylic oxidation sites excluding steroid dienone is 1. The Hall–Kier alpha value is 0.0300. The molecule has 0 spiro atoms. The molecule has 2 saturated carbocycles. The van der Waals surface area contributed by atoms with Crippen molar-refractivity contribution in [2.45, 2.75) is 24.6 Å². The maximum Gasteiger partial charge on any atom is 0.0429 e. The SMILES string of the molecule is C=C[C@@H]1[C@@H]2CC[C@@H](C2)[C@@H]1Cl. The van der Waals surface area contributed by atoms with Gasteiger partial charge in [-0.15, -0.1) is 18.2 Å². The van der Waals surface area contributed by atoms with Crippen LogP contribution >= 0.6 is 11.6 Å². The fourth-order valence-electron chi connectivity index (χ4n) is 2.59. The molecule has 1 heteroatoms. The Bertz CT molecular complexity index is 151. The molecule has 0 aromatic rings. The standard InChI is InChI=1S/C9H13Cl/c1-2-8-6-3-4-7(5-6)9(8)10/h2,6-9H,1,3-5H2/t6-,7+,8-,9+/m1/s1. The first kappa shape index (κ1) is 6.72. The van der Waals surface area contributed by atoms with E-state index < -0.39 is 0 Å². The van der Waals surface area contributed by atoms with E-state index in [1.165, 1.54) is 19.3 Å². The van der Waals surface area contributed by atoms with E-state index >= 15 is 0 Å². The Morgan fingerprint density at radius 3 is 2.40 bits per heavy atom. The van der Waals surface area contributed by atoms with Gasteiger partial charge in [-0.1, -0.05) is 6.08 Å². The topological polar surface area (TPSA) is 0 Å². The summed E-state index contributed by atoms with van der Waals surface area (Å²) in [6.07, 6.45) is 6.18. The van der Waals surface area contributed by atoms with E-state index in [0.29, 0.717) is 11.3 Å². The molecule has 2 aliphatic carbocycles. The number of hydrogen-bond donors (Lipinski definition) is 0. The maximum atomic E-state index is 6.20. The molecular formula is C9H13Cl. The van der Waals surface area contributed by atoms with Crippen LogP contribution in [0.2, 0.25) is 0 Å². The van der Waals surface area contributed by atoms with Crippen LogP contribution in [0.4, 0.5) is 0 Å². The van der Waals surface area contributed by atoms with Crippen LogP contribution in [0.25, 0.3) is 0 Å². The van der Waals surface area contributed by atoms with E-state index in [-0.39, 0.29) is 0 Å². The summed E-state index contributed by atoms with van der Waals surface area (Å²) >= 11 is 6.20. The second-order valence-corrected chi connectivity index (χ2v) is 4.09. The van der Waals surface area contributed by atoms with E-state index in [0.717, 1.165) is 11.8 Å². The molecule has 0 unspecified atom stereocenters. The third kappa shape index (κ3) is 0.748. The Kier molecular flexibility index (Phi) is 1.52. The fraction of sp³-hybridized carbons (Fsp3) is 0.778. The van der Waals surface area contributed by atoms with Crippen LogP contribution in [0.3, 0.4) is 0 Å². The van der Waals surface area contributed by atoms with Crippen LogP contribution in [-0.2, 0) is 0 Å². The summed E-state index contributed by atoms with van der Waals surface area (Å²) in [6.45, 7) is 3.83. The average molecular weight is 157 g/mol. The van der Waals surface area contributed by atoms with Gasteiger partial charge in [-0.05, 0) is 37.0 Å². The summed E-state index contributed by atoms with van der Waals surface area (Å²) in [5.74, 6) is 2.32. The van der Waals surface area contributed by atoms with Crippen molar-refractivity contribution in [2.75, 3.05) is 0 Å². The third-order valence-corrected chi connectivity index (χ3v) is 3.80. The number of rotatable bonds is 1. The van der Waals surface area contributed by atoms with Crippen LogP contribution in [0.15, 0.2) is 12.7 Å². The molecule has 0 aromatic heterocycles. The molecule has 2 bridgehead atoms. The lowest BCUT2D eigenvalue weighted by Gasteiger charge is -2.22. The van der Waals surface area contributed by atoms with Crippen LogP contribution in [0.1, 0.15) is 19.3 Å². The van der Waals surface area contributed by atoms with Crippen LogP contribution in [0.5, 0.6) is 0 Å². The van der Waals surface area contributed by atoms with Crippen LogP contribution < -0.4 is 0 Å². The number of halogens is 1. The first-order valence-corrected chi connectivity index (χ1v) is 4.53. The number of fused-ring (bicyclic) bond motifs is 2. The smallest absolute Gasteiger partial charge is 0.0429 e. The quantitative estimate of drug-likeness (QED) is 0.405. The molecule has 0 saturated heterocycles. The van der Waals surface area contributed by atoms with E-state index in [2.05, 4.69) is 12.7 Å². The molecule has 2 fully saturated rings. The fourth-order valence-corrected chi connectivity index (χ4v) is 3.13. The van der Waals surface area contributed by atoms with E-state index in [9.17, 15) is 0 Å². The minimum Gasteiger partial charge on any atom is -0.122 e. The minimum absolute atomic E-state index is 0.413. The molecule has 0 heterocycles. The van der Waals surface area contributed by atoms with Gasteiger partial charge in [0, 0.05) is 5.38 Å². The summed E-state index contributed by atoms with van der Waals surface area (Å²) in [6, 6.07) is 0. The summed E-state index contributed by atoms with van der Waals surface area (Å²) in [5, 5.41) is 0.413. The maximum absolute atomic E-state index is 6.20. The van der Waals surface area contributed by atoms with E-state index in [1.54, 1.807) is 0 Å². The van der Waals surface area contributed by atoms with Crippen molar-refractivity contribution < 1.29 is 0 Å². The van der Waals surface area contributed by atoms with Gasteiger partial charge in [0.05, 0.1) is 0 Å². The van der Waals surface area contributed by atoms with Gasteiger partial charge in [0.2, 0.25) is 0 Å². The molecule has 0 N–H and O–H groups in total. The largest absolute Gasteiger partial charge is 0.122 e. The zero-order valence-electron chi connectivity index (χ0n) is 6.09. The minimum atomic E-state index is 0.413. The summed E-state index contributed by atoms with van der Waals surface area (Å²) in [7, 11) is 0. The van der Waals surface area contributed by atoms with Gasteiger partial charge < -0.3 is 0 Å². The Morgan fingerprint density at radius 1 is 1.30 bits per heavy atom. The van der Waals surface area contributed by atoms with Crippen molar-refractivity contribution in [3.05, 3.63) is 12.7 Å². The van der Waals surface area contributed by atoms with Gasteiger partial charge in [-0.25, -0.2) is 0 Å². The highest BCUT2D eigenvalue weighted by molar-refractivity contribution is 6.21. The molecular weight excluding hydrogens is 144 g/mol. The Balaban J connectivity index is 2.16. The highest BCUT2D eigenvalue weighted by Gasteiger charge is 2.44. The molecule has 2 aliphatic rings. The molecule has 0 nitrogen and oxygen atoms in total. The molecule has 10 heavy (non-hydrogen) atoms. The van der Waals surface area contributed by atoms with Crippen molar-refractivity contribution >= 4 is 11.6 Å². The number of hydrogen-bond acceptors (Lipinski definition) is 0. The van der Waals surface area contributed by atoms with Crippen molar-refractivity contribution in [3.63, 3.8) is 0 Å². The predicted molar refractivity (Wildman–Crippen MR) is 44.2 cm³/mol. The predicted octanol–water partition coefficient (Wildman–Crippen LogP) is 2.83. The summed E-state index contributed by atoms with van der Waals surface area (Å²) in [5.41, 5.74) is 0. The molecule has 0 radical (unpaired) electrons. The summed E-state index contributed by atoms with van der Waals surface area (Å²) in [4.78, 5) is 0. The lowest BCUT2D eigenvalue weighted by Crippen LogP contribution is -2.20. The van der Waals surface area contributed by atoms with Crippen molar-refractivity contribution in [2.24, 2.45) is 17.8 Å². The lowest BCUT2D eigenvalue weighted by atomic mass is 9.89. The molecule has 0 aliphatic heterocycles. The molecule has 56 valence electrons. The average Bonchev–Trinajstić information content (AvgIpc) is 2.46. The monoisotopic (exact) mass is 156 g/mol. The second-order valence-electron chi connectivity index (χ2n) is 3.59. The third-order valence-electron chi connectivity index (χ3n) is 3.15. The van der Waals surface area contributed by atoms with Gasteiger partial charge in [-0.2, -0.15) is 0 Å². The molecule has 4 atom stereocenters. The van der Waals surface area contributed by atoms with Crippen molar-refractivity contribution in [1.82, 2.24) is 0 Å². The number of alkyl halides is 1. The second kappa shape index (κ2) is 2.27. The zero-order chi connectivity index (χ0) is 7.14. The van der Waals surface area contributed by atoms with Gasteiger partial charge >= 0.3 is 0 Å². The van der Waals surface area contributed by atoms with Crippen molar-refractivity contribution in [1.29, 1.82) is 0 Å². The van der Waals surface area contributed by atoms with Crippen molar-refractivity contribution in [3.8, 4) is 0 Å². The van der Waals surface area contributed by atoms with Crippen LogP contribution in [0, 0.1) is 17.8 Å². The zero-order valence-corrected chi connectivity index (χ0v) is 6.85. The highest BCUT2D eigenvalue weighted by Crippen LogP contribution is 2.51. The van der Waals surface area contributed by atoms with Crippen LogP contribution in [-0.4, -0.2) is 5.38 Å². The van der Waals surface area contributed by atoms with Gasteiger partial charge in [0.25, 0.3) is 0 Å². The van der Waals surface area contributed by atoms with E-state index in [1.807, 2.05) is 0 Å². The first-order chi connectivity index (χ1) is 4.83. The summed E-state index contributed by atoms with van der Waals surface area (Å²) < 4.78 is 0. The Labute approximate surface area is 67.3 Å².